The van der Waals surface area contributed by atoms with E-state index in [-0.39, 0.29) is 18.1 Å². The van der Waals surface area contributed by atoms with Crippen LogP contribution in [0.2, 0.25) is 0 Å². The quantitative estimate of drug-likeness (QED) is 0.533. The lowest BCUT2D eigenvalue weighted by atomic mass is 9.56. The lowest BCUT2D eigenvalue weighted by molar-refractivity contribution is -0.137. The van der Waals surface area contributed by atoms with E-state index >= 15 is 0 Å². The number of pyridine rings is 2. The molecular formula is C24H23B2F3N6O2. The molecule has 188 valence electrons. The topological polar surface area (TPSA) is 93.1 Å². The van der Waals surface area contributed by atoms with Gasteiger partial charge in [-0.2, -0.15) is 13.2 Å². The normalized spacial score (nSPS) is 21.5. The van der Waals surface area contributed by atoms with Gasteiger partial charge in [0.2, 0.25) is 0 Å². The van der Waals surface area contributed by atoms with E-state index in [9.17, 15) is 18.0 Å². The van der Waals surface area contributed by atoms with Crippen molar-refractivity contribution in [3.63, 3.8) is 0 Å². The van der Waals surface area contributed by atoms with Gasteiger partial charge in [-0.3, -0.25) is 4.79 Å². The number of carbonyl (C=O) groups is 1. The smallest absolute Gasteiger partial charge is 0.373 e. The minimum absolute atomic E-state index is 0.0388. The summed E-state index contributed by atoms with van der Waals surface area (Å²) in [5.74, 6) is -0.0840. The van der Waals surface area contributed by atoms with E-state index < -0.39 is 41.2 Å². The van der Waals surface area contributed by atoms with Gasteiger partial charge in [-0.15, -0.1) is 0 Å². The second-order valence-corrected chi connectivity index (χ2v) is 8.85. The third-order valence-electron chi connectivity index (χ3n) is 6.21. The summed E-state index contributed by atoms with van der Waals surface area (Å²) >= 11 is 0. The molecule has 3 aromatic heterocycles. The van der Waals surface area contributed by atoms with Crippen LogP contribution in [0.25, 0.3) is 11.4 Å². The summed E-state index contributed by atoms with van der Waals surface area (Å²) in [6.07, 6.45) is -1.95. The average molecular weight is 506 g/mol. The Labute approximate surface area is 214 Å². The van der Waals surface area contributed by atoms with Crippen molar-refractivity contribution in [3.05, 3.63) is 65.9 Å². The van der Waals surface area contributed by atoms with Crippen LogP contribution in [0.4, 0.5) is 19.0 Å². The van der Waals surface area contributed by atoms with Gasteiger partial charge in [0.05, 0.1) is 45.1 Å². The summed E-state index contributed by atoms with van der Waals surface area (Å²) in [5.41, 5.74) is 0.170. The molecule has 3 aromatic rings. The Hall–Kier alpha value is -3.47. The lowest BCUT2D eigenvalue weighted by Gasteiger charge is -2.54. The summed E-state index contributed by atoms with van der Waals surface area (Å²) < 4.78 is 44.6. The predicted octanol–water partition coefficient (Wildman–Crippen LogP) is 2.98. The highest BCUT2D eigenvalue weighted by atomic mass is 19.4. The van der Waals surface area contributed by atoms with E-state index in [0.717, 1.165) is 12.3 Å². The van der Waals surface area contributed by atoms with Crippen LogP contribution in [0.5, 0.6) is 0 Å². The molecule has 4 rings (SSSR count). The van der Waals surface area contributed by atoms with Gasteiger partial charge in [0.25, 0.3) is 5.91 Å². The molecule has 4 radical (unpaired) electrons. The molecule has 1 saturated heterocycles. The van der Waals surface area contributed by atoms with Gasteiger partial charge in [0, 0.05) is 30.8 Å². The fourth-order valence-electron chi connectivity index (χ4n) is 4.13. The third kappa shape index (κ3) is 5.46. The number of hydrogen-bond donors (Lipinski definition) is 1. The summed E-state index contributed by atoms with van der Waals surface area (Å²) in [4.78, 5) is 32.1. The molecule has 0 aliphatic carbocycles. The van der Waals surface area contributed by atoms with Gasteiger partial charge < -0.3 is 15.0 Å². The number of rotatable bonds is 5. The van der Waals surface area contributed by atoms with E-state index in [1.54, 1.807) is 51.4 Å². The van der Waals surface area contributed by atoms with E-state index in [1.807, 2.05) is 0 Å². The van der Waals surface area contributed by atoms with Crippen LogP contribution in [-0.2, 0) is 10.9 Å². The van der Waals surface area contributed by atoms with Crippen molar-refractivity contribution in [2.45, 2.75) is 50.5 Å². The molecule has 0 saturated carbocycles. The number of hydrogen-bond acceptors (Lipinski definition) is 7. The fraction of sp³-hybridized carbons (Fsp3) is 0.375. The third-order valence-corrected chi connectivity index (χ3v) is 6.21. The van der Waals surface area contributed by atoms with Gasteiger partial charge in [-0.25, -0.2) is 19.9 Å². The maximum absolute atomic E-state index is 14.1. The van der Waals surface area contributed by atoms with Gasteiger partial charge in [0.1, 0.15) is 11.5 Å². The van der Waals surface area contributed by atoms with Gasteiger partial charge in [-0.05, 0) is 56.4 Å². The molecule has 3 atom stereocenters. The Morgan fingerprint density at radius 1 is 1.14 bits per heavy atom. The van der Waals surface area contributed by atoms with Crippen molar-refractivity contribution < 1.29 is 22.7 Å². The number of nitrogens with zero attached hydrogens (tertiary/aromatic N) is 5. The van der Waals surface area contributed by atoms with E-state index in [0.29, 0.717) is 17.1 Å². The second kappa shape index (κ2) is 10.1. The van der Waals surface area contributed by atoms with Crippen molar-refractivity contribution in [1.29, 1.82) is 0 Å². The van der Waals surface area contributed by atoms with Gasteiger partial charge in [0.15, 0.2) is 5.82 Å². The van der Waals surface area contributed by atoms with Gasteiger partial charge in [-0.1, -0.05) is 0 Å². The number of carbonyl (C=O) groups excluding carboxylic acids is 1. The number of alkyl halides is 3. The van der Waals surface area contributed by atoms with Crippen LogP contribution in [0.3, 0.4) is 0 Å². The fourth-order valence-corrected chi connectivity index (χ4v) is 4.13. The maximum atomic E-state index is 14.1. The Morgan fingerprint density at radius 3 is 2.46 bits per heavy atom. The first kappa shape index (κ1) is 26.6. The molecule has 13 heteroatoms. The first-order chi connectivity index (χ1) is 17.4. The summed E-state index contributed by atoms with van der Waals surface area (Å²) in [6, 6.07) is 6.48. The van der Waals surface area contributed by atoms with E-state index in [4.69, 9.17) is 20.4 Å². The van der Waals surface area contributed by atoms with E-state index in [1.165, 1.54) is 11.0 Å². The molecule has 0 bridgehead atoms. The second-order valence-electron chi connectivity index (χ2n) is 8.85. The summed E-state index contributed by atoms with van der Waals surface area (Å²) in [6.45, 7) is 5.19. The van der Waals surface area contributed by atoms with Crippen LogP contribution in [0, 0.1) is 6.92 Å². The molecule has 1 fully saturated rings. The lowest BCUT2D eigenvalue weighted by Crippen LogP contribution is -2.71. The number of morpholine rings is 1. The van der Waals surface area contributed by atoms with Crippen LogP contribution in [0.1, 0.15) is 35.6 Å². The van der Waals surface area contributed by atoms with Crippen LogP contribution in [0.15, 0.2) is 48.9 Å². The van der Waals surface area contributed by atoms with Gasteiger partial charge >= 0.3 is 6.18 Å². The maximum Gasteiger partial charge on any atom is 0.417 e. The zero-order valence-electron chi connectivity index (χ0n) is 20.4. The molecule has 0 spiro atoms. The Morgan fingerprint density at radius 2 is 1.84 bits per heavy atom. The molecule has 1 N–H and O–H groups in total. The van der Waals surface area contributed by atoms with Crippen LogP contribution in [-0.4, -0.2) is 76.6 Å². The standard InChI is InChI=1S/C24H23B2F3N6O2/c1-13-5-7-17(21-30-9-4-10-31-21)20(34-13)22(36)35-18(14(2)37-15(3)23(35,25)26)12-33-19-8-6-16(11-32-19)24(27,28)29/h4-11,14-15,18H,12H2,1-3H3,(H,32,33). The number of ether oxygens (including phenoxy) is 1. The van der Waals surface area contributed by atoms with Crippen LogP contribution >= 0.6 is 0 Å². The highest BCUT2D eigenvalue weighted by Crippen LogP contribution is 2.33. The number of amides is 1. The average Bonchev–Trinajstić information content (AvgIpc) is 2.85. The zero-order chi connectivity index (χ0) is 27.0. The molecule has 1 aliphatic rings. The molecule has 0 aromatic carbocycles. The number of anilines is 1. The number of halogens is 3. The molecule has 1 aliphatic heterocycles. The molecule has 8 nitrogen and oxygen atoms in total. The Kier molecular flexibility index (Phi) is 7.27. The van der Waals surface area contributed by atoms with Crippen molar-refractivity contribution in [3.8, 4) is 11.4 Å². The van der Waals surface area contributed by atoms with Crippen molar-refractivity contribution in [1.82, 2.24) is 24.8 Å². The van der Waals surface area contributed by atoms with E-state index in [2.05, 4.69) is 25.3 Å². The highest BCUT2D eigenvalue weighted by Gasteiger charge is 2.48. The van der Waals surface area contributed by atoms with Crippen LogP contribution < -0.4 is 5.32 Å². The molecular weight excluding hydrogens is 483 g/mol. The minimum atomic E-state index is -4.50. The first-order valence-electron chi connectivity index (χ1n) is 11.5. The van der Waals surface area contributed by atoms with Crippen molar-refractivity contribution in [2.24, 2.45) is 0 Å². The number of aryl methyl sites for hydroxylation is 1. The molecule has 1 amide bonds. The molecule has 4 heterocycles. The minimum Gasteiger partial charge on any atom is -0.373 e. The zero-order valence-corrected chi connectivity index (χ0v) is 20.4. The Balaban J connectivity index is 1.68. The summed E-state index contributed by atoms with van der Waals surface area (Å²) in [7, 11) is 12.9. The Bertz CT molecular complexity index is 1260. The number of nitrogens with one attached hydrogen (secondary N) is 1. The molecule has 3 unspecified atom stereocenters. The predicted molar refractivity (Wildman–Crippen MR) is 132 cm³/mol. The molecule has 37 heavy (non-hydrogen) atoms. The number of aromatic nitrogens is 4. The van der Waals surface area contributed by atoms with Crippen molar-refractivity contribution >= 4 is 27.4 Å². The summed E-state index contributed by atoms with van der Waals surface area (Å²) in [5, 5.41) is 1.23. The van der Waals surface area contributed by atoms with Crippen molar-refractivity contribution in [2.75, 3.05) is 11.9 Å². The SMILES string of the molecule is [B]C1([B])C(C)OC(C)C(CNc2ccc(C(F)(F)F)cn2)N1C(=O)c1nc(C)ccc1-c1ncccn1. The monoisotopic (exact) mass is 506 g/mol. The first-order valence-corrected chi connectivity index (χ1v) is 11.5. The largest absolute Gasteiger partial charge is 0.417 e. The highest BCUT2D eigenvalue weighted by molar-refractivity contribution is 6.41.